The van der Waals surface area contributed by atoms with Crippen LogP contribution < -0.4 is 15.8 Å². The fraction of sp³-hybridized carbons (Fsp3) is 0.564. The molecule has 5 atom stereocenters. The van der Waals surface area contributed by atoms with Gasteiger partial charge in [0.15, 0.2) is 17.3 Å². The molecule has 0 amide bonds. The van der Waals surface area contributed by atoms with Gasteiger partial charge in [0.2, 0.25) is 0 Å². The van der Waals surface area contributed by atoms with Crippen LogP contribution in [0.1, 0.15) is 107 Å². The third-order valence-corrected chi connectivity index (χ3v) is 15.2. The number of hydrogen-bond donors (Lipinski definition) is 3. The first kappa shape index (κ1) is 34.5. The Hall–Kier alpha value is -2.95. The summed E-state index contributed by atoms with van der Waals surface area (Å²) in [6.45, 7) is 2.20. The largest absolute Gasteiger partial charge is 0.504 e. The van der Waals surface area contributed by atoms with E-state index in [9.17, 15) is 14.7 Å². The van der Waals surface area contributed by atoms with Crippen LogP contribution in [0.5, 0.6) is 11.5 Å². The number of aromatic nitrogens is 2. The van der Waals surface area contributed by atoms with E-state index in [1.165, 1.54) is 44.8 Å². The van der Waals surface area contributed by atoms with Crippen LogP contribution in [0.25, 0.3) is 6.08 Å². The fourth-order valence-electron chi connectivity index (χ4n) is 9.29. The number of dihydropyridines is 1. The fourth-order valence-corrected chi connectivity index (χ4v) is 13.0. The summed E-state index contributed by atoms with van der Waals surface area (Å²) in [5, 5.41) is 14.6. The monoisotopic (exact) mass is 702 g/mol. The summed E-state index contributed by atoms with van der Waals surface area (Å²) in [4.78, 5) is 31.4. The Bertz CT molecular complexity index is 1660. The van der Waals surface area contributed by atoms with Gasteiger partial charge in [-0.1, -0.05) is 53.9 Å². The summed E-state index contributed by atoms with van der Waals surface area (Å²) in [6, 6.07) is 3.61. The molecule has 3 heterocycles. The van der Waals surface area contributed by atoms with Crippen molar-refractivity contribution in [3.05, 3.63) is 71.0 Å². The molecule has 5 unspecified atom stereocenters. The molecule has 10 heteroatoms. The number of Topliss-reactive ketones (excluding diaryl/α,β-unsaturated/α-hetero) is 2. The molecule has 8 nitrogen and oxygen atoms in total. The number of aromatic hydroxyl groups is 1. The molecule has 0 saturated heterocycles. The second kappa shape index (κ2) is 14.3. The molecule has 1 aromatic carbocycles. The zero-order chi connectivity index (χ0) is 34.2. The highest BCUT2D eigenvalue weighted by atomic mass is 33.1. The van der Waals surface area contributed by atoms with Gasteiger partial charge in [-0.05, 0) is 109 Å². The molecule has 4 bridgehead atoms. The lowest BCUT2D eigenvalue weighted by Crippen LogP contribution is -2.50. The van der Waals surface area contributed by atoms with Gasteiger partial charge in [0, 0.05) is 36.7 Å². The number of methoxy groups -OCH3 is 1. The zero-order valence-electron chi connectivity index (χ0n) is 28.8. The predicted octanol–water partition coefficient (Wildman–Crippen LogP) is 7.79. The quantitative estimate of drug-likeness (QED) is 0.217. The van der Waals surface area contributed by atoms with E-state index in [0.717, 1.165) is 48.1 Å². The van der Waals surface area contributed by atoms with E-state index in [4.69, 9.17) is 10.5 Å². The summed E-state index contributed by atoms with van der Waals surface area (Å²) in [5.41, 5.74) is 11.9. The van der Waals surface area contributed by atoms with Crippen molar-refractivity contribution in [3.63, 3.8) is 0 Å². The minimum atomic E-state index is -0.353. The summed E-state index contributed by atoms with van der Waals surface area (Å²) < 4.78 is 7.90. The first-order valence-corrected chi connectivity index (χ1v) is 20.5. The molecule has 2 aliphatic heterocycles. The number of nitrogens with one attached hydrogen (secondary N) is 1. The Morgan fingerprint density at radius 1 is 1.12 bits per heavy atom. The molecule has 262 valence electrons. The predicted molar refractivity (Wildman–Crippen MR) is 198 cm³/mol. The lowest BCUT2D eigenvalue weighted by atomic mass is 9.77. The number of phenols is 1. The molecule has 4 N–H and O–H groups in total. The number of ether oxygens (including phenoxy) is 1. The smallest absolute Gasteiger partial charge is 0.166 e. The maximum atomic E-state index is 13.6. The van der Waals surface area contributed by atoms with Crippen LogP contribution in [-0.2, 0) is 15.1 Å². The van der Waals surface area contributed by atoms with Crippen LogP contribution in [0.15, 0.2) is 59.8 Å². The molecule has 0 radical (unpaired) electrons. The van der Waals surface area contributed by atoms with Crippen LogP contribution in [0.4, 0.5) is 0 Å². The molecule has 2 aromatic rings. The average molecular weight is 703 g/mol. The maximum Gasteiger partial charge on any atom is 0.166 e. The number of nitrogens with zero attached hydrogens (tertiary/aromatic N) is 2. The van der Waals surface area contributed by atoms with Crippen molar-refractivity contribution in [2.24, 2.45) is 17.1 Å². The van der Waals surface area contributed by atoms with Gasteiger partial charge >= 0.3 is 0 Å². The van der Waals surface area contributed by atoms with E-state index in [2.05, 4.69) is 34.1 Å². The zero-order valence-corrected chi connectivity index (χ0v) is 30.4. The highest BCUT2D eigenvalue weighted by Gasteiger charge is 2.55. The van der Waals surface area contributed by atoms with Crippen molar-refractivity contribution < 1.29 is 19.4 Å². The Morgan fingerprint density at radius 2 is 1.96 bits per heavy atom. The number of imidazole rings is 1. The van der Waals surface area contributed by atoms with Crippen LogP contribution in [0.3, 0.4) is 0 Å². The lowest BCUT2D eigenvalue weighted by Gasteiger charge is -2.43. The molecule has 7 rings (SSSR count). The third-order valence-electron chi connectivity index (χ3n) is 12.2. The summed E-state index contributed by atoms with van der Waals surface area (Å²) >= 11 is 0. The SMILES string of the molecule is CCC1CCC(=O)CC(=O)C2=Cc3cc(OC)c(O)cc3C(CC2)C2=CNC(N)C(=C2)C(C2(n3ccnc3)CCC3(CCCC3)C2)SSC1. The highest BCUT2D eigenvalue weighted by molar-refractivity contribution is 8.77. The second-order valence-corrected chi connectivity index (χ2v) is 17.5. The minimum absolute atomic E-state index is 0.0120. The number of benzene rings is 1. The summed E-state index contributed by atoms with van der Waals surface area (Å²) in [5.74, 6) is 1.55. The normalized spacial score (nSPS) is 30.6. The van der Waals surface area contributed by atoms with E-state index in [1.54, 1.807) is 6.07 Å². The number of phenolic OH excluding ortho intramolecular Hbond substituents is 1. The van der Waals surface area contributed by atoms with Gasteiger partial charge in [0.1, 0.15) is 5.78 Å². The van der Waals surface area contributed by atoms with Crippen molar-refractivity contribution in [2.45, 2.75) is 113 Å². The first-order chi connectivity index (χ1) is 23.7. The first-order valence-electron chi connectivity index (χ1n) is 18.1. The van der Waals surface area contributed by atoms with E-state index in [0.29, 0.717) is 41.9 Å². The number of carbonyl (C=O) groups excluding carboxylic acids is 2. The van der Waals surface area contributed by atoms with Gasteiger partial charge in [-0.2, -0.15) is 0 Å². The number of carbonyl (C=O) groups is 2. The summed E-state index contributed by atoms with van der Waals surface area (Å²) in [7, 11) is 5.40. The Morgan fingerprint density at radius 3 is 2.71 bits per heavy atom. The van der Waals surface area contributed by atoms with Crippen LogP contribution in [0, 0.1) is 11.3 Å². The number of hydrogen-bond acceptors (Lipinski definition) is 9. The van der Waals surface area contributed by atoms with E-state index in [-0.39, 0.29) is 46.6 Å². The van der Waals surface area contributed by atoms with Gasteiger partial charge in [-0.15, -0.1) is 0 Å². The molecule has 1 aromatic heterocycles. The Labute approximate surface area is 298 Å². The van der Waals surface area contributed by atoms with E-state index < -0.39 is 0 Å². The van der Waals surface area contributed by atoms with E-state index >= 15 is 0 Å². The molecular formula is C39H50N4O4S2. The molecule has 5 aliphatic rings. The second-order valence-electron chi connectivity index (χ2n) is 15.0. The van der Waals surface area contributed by atoms with Crippen LogP contribution in [0.2, 0.25) is 0 Å². The number of allylic oxidation sites excluding steroid dienone is 3. The van der Waals surface area contributed by atoms with Crippen molar-refractivity contribution in [2.75, 3.05) is 12.9 Å². The topological polar surface area (TPSA) is 119 Å². The number of fused-ring (bicyclic) bond motifs is 7. The van der Waals surface area contributed by atoms with Gasteiger partial charge in [-0.25, -0.2) is 4.98 Å². The molecule has 49 heavy (non-hydrogen) atoms. The molecule has 2 saturated carbocycles. The highest BCUT2D eigenvalue weighted by Crippen LogP contribution is 2.61. The molecular weight excluding hydrogens is 653 g/mol. The average Bonchev–Trinajstić information content (AvgIpc) is 3.86. The molecule has 2 fully saturated rings. The van der Waals surface area contributed by atoms with Gasteiger partial charge in [0.05, 0.1) is 36.8 Å². The van der Waals surface area contributed by atoms with E-state index in [1.807, 2.05) is 52.5 Å². The van der Waals surface area contributed by atoms with Crippen LogP contribution in [-0.4, -0.2) is 50.5 Å². The molecule has 3 aliphatic carbocycles. The maximum absolute atomic E-state index is 13.6. The standard InChI is InChI=1S/C39H50N4O4S2/c1-3-25-6-8-29(44)19-33(45)26-7-9-30(31-20-34(46)35(47-2)18-27(31)16-26)28-17-32(37(40)42-21-28)36(49-48-22-25)39(43-15-14-41-24-43)13-12-38(23-39)10-4-5-11-38/h14-18,20-21,24-25,30,36-37,42,46H,3-13,19,22-23,40H2,1-2H3. The third kappa shape index (κ3) is 6.77. The van der Waals surface area contributed by atoms with Gasteiger partial charge in [-0.3, -0.25) is 9.59 Å². The van der Waals surface area contributed by atoms with Gasteiger partial charge < -0.3 is 25.5 Å². The number of ketones is 2. The minimum Gasteiger partial charge on any atom is -0.504 e. The van der Waals surface area contributed by atoms with Crippen LogP contribution >= 0.6 is 21.6 Å². The van der Waals surface area contributed by atoms with Gasteiger partial charge in [0.25, 0.3) is 0 Å². The lowest BCUT2D eigenvalue weighted by molar-refractivity contribution is -0.125. The van der Waals surface area contributed by atoms with Crippen molar-refractivity contribution >= 4 is 39.2 Å². The number of nitrogens with two attached hydrogens (primary N) is 1. The Balaban J connectivity index is 1.36. The Kier molecular flexibility index (Phi) is 10.1. The number of rotatable bonds is 4. The summed E-state index contributed by atoms with van der Waals surface area (Å²) in [6.07, 6.45) is 23.9. The van der Waals surface area contributed by atoms with Crippen molar-refractivity contribution in [1.29, 1.82) is 0 Å². The van der Waals surface area contributed by atoms with Crippen molar-refractivity contribution in [1.82, 2.24) is 14.9 Å². The van der Waals surface area contributed by atoms with Crippen molar-refractivity contribution in [3.8, 4) is 11.5 Å². The molecule has 1 spiro atoms.